The van der Waals surface area contributed by atoms with Crippen LogP contribution in [0, 0.1) is 0 Å². The Labute approximate surface area is 295 Å². The van der Waals surface area contributed by atoms with Crippen LogP contribution in [0.5, 0.6) is 0 Å². The van der Waals surface area contributed by atoms with Crippen molar-refractivity contribution in [2.24, 2.45) is 0 Å². The second kappa shape index (κ2) is 11.8. The lowest BCUT2D eigenvalue weighted by Crippen LogP contribution is -2.42. The maximum Gasteiger partial charge on any atom is 0.0158 e. The molecule has 0 saturated carbocycles. The van der Waals surface area contributed by atoms with Crippen LogP contribution in [-0.4, -0.2) is 0 Å². The van der Waals surface area contributed by atoms with Crippen molar-refractivity contribution in [3.8, 4) is 0 Å². The van der Waals surface area contributed by atoms with Crippen molar-refractivity contribution in [1.82, 2.24) is 0 Å². The first-order chi connectivity index (χ1) is 20.2. The van der Waals surface area contributed by atoms with Crippen molar-refractivity contribution < 1.29 is 0 Å². The molecule has 47 heavy (non-hydrogen) atoms. The Morgan fingerprint density at radius 1 is 0.213 bits per heavy atom. The minimum absolute atomic E-state index is 0.0160. The van der Waals surface area contributed by atoms with E-state index >= 15 is 0 Å². The molecule has 0 fully saturated rings. The first kappa shape index (κ1) is 41.6. The van der Waals surface area contributed by atoms with Gasteiger partial charge >= 0.3 is 0 Å². The summed E-state index contributed by atoms with van der Waals surface area (Å²) in [5.74, 6) is 0. The maximum atomic E-state index is 2.59. The number of hydrogen-bond acceptors (Lipinski definition) is 0. The highest BCUT2D eigenvalue weighted by atomic mass is 14.5. The van der Waals surface area contributed by atoms with E-state index in [0.717, 1.165) is 0 Å². The first-order valence-electron chi connectivity index (χ1n) is 18.7. The van der Waals surface area contributed by atoms with Crippen LogP contribution in [0.2, 0.25) is 0 Å². The van der Waals surface area contributed by atoms with Gasteiger partial charge in [-0.25, -0.2) is 0 Å². The summed E-state index contributed by atoms with van der Waals surface area (Å²) in [5, 5.41) is 0. The zero-order chi connectivity index (χ0) is 37.7. The zero-order valence-corrected chi connectivity index (χ0v) is 36.7. The molecule has 2 aromatic rings. The van der Waals surface area contributed by atoms with Crippen LogP contribution in [0.4, 0.5) is 0 Å². The summed E-state index contributed by atoms with van der Waals surface area (Å²) in [4.78, 5) is 0. The third kappa shape index (κ3) is 8.09. The molecule has 0 nitrogen and oxygen atoms in total. The van der Waals surface area contributed by atoms with Gasteiger partial charge in [-0.1, -0.05) is 192 Å². The number of hydrogen-bond donors (Lipinski definition) is 0. The maximum absolute atomic E-state index is 2.59. The summed E-state index contributed by atoms with van der Waals surface area (Å²) in [5.41, 5.74) is 14.9. The molecule has 0 aliphatic heterocycles. The second-order valence-electron chi connectivity index (χ2n) is 23.8. The third-order valence-electron chi connectivity index (χ3n) is 10.1. The Hall–Kier alpha value is -1.56. The molecule has 268 valence electrons. The molecule has 0 bridgehead atoms. The van der Waals surface area contributed by atoms with Gasteiger partial charge in [0.1, 0.15) is 0 Å². The fourth-order valence-corrected chi connectivity index (χ4v) is 8.53. The molecule has 0 spiro atoms. The lowest BCUT2D eigenvalue weighted by Gasteiger charge is -2.50. The minimum Gasteiger partial charge on any atom is -0.0579 e. The quantitative estimate of drug-likeness (QED) is 0.305. The highest BCUT2D eigenvalue weighted by Gasteiger charge is 2.48. The zero-order valence-electron chi connectivity index (χ0n) is 36.7. The van der Waals surface area contributed by atoms with Crippen molar-refractivity contribution in [3.63, 3.8) is 0 Å². The molecule has 0 atom stereocenters. The number of benzene rings is 2. The molecule has 0 aliphatic rings. The summed E-state index contributed by atoms with van der Waals surface area (Å²) in [6, 6.07) is 4.97. The lowest BCUT2D eigenvalue weighted by atomic mass is 9.54. The molecule has 0 heterocycles. The fourth-order valence-electron chi connectivity index (χ4n) is 8.53. The van der Waals surface area contributed by atoms with Gasteiger partial charge in [-0.3, -0.25) is 0 Å². The van der Waals surface area contributed by atoms with E-state index in [1.807, 2.05) is 0 Å². The van der Waals surface area contributed by atoms with E-state index in [1.54, 1.807) is 38.9 Å². The van der Waals surface area contributed by atoms with Gasteiger partial charge in [0, 0.05) is 5.41 Å². The second-order valence-corrected chi connectivity index (χ2v) is 23.8. The first-order valence-corrected chi connectivity index (χ1v) is 18.7. The van der Waals surface area contributed by atoms with Gasteiger partial charge < -0.3 is 0 Å². The normalized spacial score (nSPS) is 15.0. The highest BCUT2D eigenvalue weighted by Crippen LogP contribution is 2.57. The van der Waals surface area contributed by atoms with Crippen LogP contribution in [0.15, 0.2) is 12.1 Å². The van der Waals surface area contributed by atoms with E-state index < -0.39 is 0 Å². The highest BCUT2D eigenvalue weighted by molar-refractivity contribution is 5.68. The van der Waals surface area contributed by atoms with E-state index in [2.05, 4.69) is 192 Å². The Bertz CT molecular complexity index is 1410. The van der Waals surface area contributed by atoms with Gasteiger partial charge in [0.15, 0.2) is 0 Å². The monoisotopic (exact) mass is 645 g/mol. The predicted molar refractivity (Wildman–Crippen MR) is 215 cm³/mol. The van der Waals surface area contributed by atoms with Crippen molar-refractivity contribution in [2.75, 3.05) is 0 Å². The standard InChI is InChI=1S/C47H80/c1-39(2,3)29-27-28-30(40(4,5)6)32(31(29)41(7,8)9)47(25,26)38-36(45(19,20)21)34(43(13,14)15)33(42(10,11)12)35(44(16,17)18)37(38)46(22,23)24/h27-28H,1-26H3. The molecule has 2 rings (SSSR count). The lowest BCUT2D eigenvalue weighted by molar-refractivity contribution is 0.433. The van der Waals surface area contributed by atoms with Crippen molar-refractivity contribution in [1.29, 1.82) is 0 Å². The van der Waals surface area contributed by atoms with E-state index in [4.69, 9.17) is 0 Å². The molecule has 0 saturated heterocycles. The third-order valence-corrected chi connectivity index (χ3v) is 10.1. The van der Waals surface area contributed by atoms with Gasteiger partial charge in [-0.05, 0) is 99.0 Å². The van der Waals surface area contributed by atoms with E-state index in [1.165, 1.54) is 16.7 Å². The molecule has 0 aliphatic carbocycles. The minimum atomic E-state index is -0.284. The van der Waals surface area contributed by atoms with Gasteiger partial charge in [-0.15, -0.1) is 0 Å². The van der Waals surface area contributed by atoms with Gasteiger partial charge in [0.2, 0.25) is 0 Å². The van der Waals surface area contributed by atoms with Gasteiger partial charge in [-0.2, -0.15) is 0 Å². The van der Waals surface area contributed by atoms with Crippen LogP contribution in [-0.2, 0) is 48.7 Å². The topological polar surface area (TPSA) is 0 Å². The number of rotatable bonds is 2. The average Bonchev–Trinajstić information content (AvgIpc) is 2.76. The SMILES string of the molecule is CC(C)(C)c1ccc(C(C)(C)C)c(C(C)(C)c2c(C(C)(C)C)c(C(C)(C)C)c(C(C)(C)C)c(C(C)(C)C)c2C(C)(C)C)c1C(C)(C)C. The molecule has 0 radical (unpaired) electrons. The molecule has 0 N–H and O–H groups in total. The van der Waals surface area contributed by atoms with Gasteiger partial charge in [0.05, 0.1) is 0 Å². The van der Waals surface area contributed by atoms with E-state index in [-0.39, 0.29) is 48.7 Å². The van der Waals surface area contributed by atoms with E-state index in [0.29, 0.717) is 0 Å². The predicted octanol–water partition coefficient (Wildman–Crippen LogP) is 14.4. The molecule has 0 aromatic heterocycles. The van der Waals surface area contributed by atoms with Crippen LogP contribution in [0.3, 0.4) is 0 Å². The molecule has 2 aromatic carbocycles. The largest absolute Gasteiger partial charge is 0.0579 e. The van der Waals surface area contributed by atoms with Crippen molar-refractivity contribution in [2.45, 2.75) is 229 Å². The molecule has 0 amide bonds. The summed E-state index contributed by atoms with van der Waals surface area (Å²) in [6.45, 7) is 64.0. The summed E-state index contributed by atoms with van der Waals surface area (Å²) in [7, 11) is 0. The molecular weight excluding hydrogens is 565 g/mol. The molecular formula is C47H80. The Balaban J connectivity index is 3.84. The van der Waals surface area contributed by atoms with Crippen LogP contribution < -0.4 is 0 Å². The Kier molecular flexibility index (Phi) is 10.4. The summed E-state index contributed by atoms with van der Waals surface area (Å²) in [6.07, 6.45) is 0. The summed E-state index contributed by atoms with van der Waals surface area (Å²) >= 11 is 0. The smallest absolute Gasteiger partial charge is 0.0158 e. The van der Waals surface area contributed by atoms with E-state index in [9.17, 15) is 0 Å². The van der Waals surface area contributed by atoms with Crippen LogP contribution in [0.1, 0.15) is 236 Å². The average molecular weight is 645 g/mol. The molecule has 0 heteroatoms. The summed E-state index contributed by atoms with van der Waals surface area (Å²) < 4.78 is 0. The van der Waals surface area contributed by atoms with Crippen LogP contribution >= 0.6 is 0 Å². The fraction of sp³-hybridized carbons (Fsp3) is 0.745. The Morgan fingerprint density at radius 3 is 0.596 bits per heavy atom. The van der Waals surface area contributed by atoms with Gasteiger partial charge in [0.25, 0.3) is 0 Å². The Morgan fingerprint density at radius 2 is 0.404 bits per heavy atom. The van der Waals surface area contributed by atoms with Crippen molar-refractivity contribution in [3.05, 3.63) is 67.8 Å². The van der Waals surface area contributed by atoms with Crippen LogP contribution in [0.25, 0.3) is 0 Å². The van der Waals surface area contributed by atoms with Crippen molar-refractivity contribution >= 4 is 0 Å². The molecule has 0 unspecified atom stereocenters.